The molecule has 112 valence electrons. The first kappa shape index (κ1) is 15.2. The number of aromatic nitrogens is 2. The van der Waals surface area contributed by atoms with Gasteiger partial charge in [-0.25, -0.2) is 4.98 Å². The molecular weight excluding hydrogens is 256 g/mol. The van der Waals surface area contributed by atoms with Crippen molar-refractivity contribution in [2.75, 3.05) is 13.2 Å². The van der Waals surface area contributed by atoms with Crippen LogP contribution in [0.3, 0.4) is 0 Å². The van der Waals surface area contributed by atoms with E-state index >= 15 is 0 Å². The Bertz CT molecular complexity index is 438. The van der Waals surface area contributed by atoms with Crippen molar-refractivity contribution in [3.63, 3.8) is 0 Å². The molecule has 0 amide bonds. The fraction of sp³-hybridized carbons (Fsp3) is 0.667. The zero-order chi connectivity index (χ0) is 14.4. The predicted molar refractivity (Wildman–Crippen MR) is 77.0 cm³/mol. The summed E-state index contributed by atoms with van der Waals surface area (Å²) < 4.78 is 19.0. The molecule has 2 heterocycles. The van der Waals surface area contributed by atoms with Gasteiger partial charge >= 0.3 is 0 Å². The van der Waals surface area contributed by atoms with Crippen LogP contribution in [-0.2, 0) is 20.9 Å². The summed E-state index contributed by atoms with van der Waals surface area (Å²) in [5.41, 5.74) is 0.902. The second-order valence-electron chi connectivity index (χ2n) is 4.88. The molecule has 5 nitrogen and oxygen atoms in total. The van der Waals surface area contributed by atoms with Crippen molar-refractivity contribution in [2.45, 2.75) is 52.2 Å². The van der Waals surface area contributed by atoms with Crippen LogP contribution in [0.5, 0.6) is 0 Å². The highest BCUT2D eigenvalue weighted by Gasteiger charge is 2.37. The Hall–Kier alpha value is -1.17. The first-order valence-corrected chi connectivity index (χ1v) is 7.31. The van der Waals surface area contributed by atoms with E-state index in [1.54, 1.807) is 6.33 Å². The fourth-order valence-electron chi connectivity index (χ4n) is 2.23. The third-order valence-corrected chi connectivity index (χ3v) is 3.53. The highest BCUT2D eigenvalue weighted by Crippen LogP contribution is 2.30. The van der Waals surface area contributed by atoms with Crippen molar-refractivity contribution in [1.82, 2.24) is 9.55 Å². The maximum absolute atomic E-state index is 5.97. The van der Waals surface area contributed by atoms with Crippen LogP contribution in [0.2, 0.25) is 0 Å². The van der Waals surface area contributed by atoms with Gasteiger partial charge < -0.3 is 18.8 Å². The smallest absolute Gasteiger partial charge is 0.168 e. The molecule has 0 spiro atoms. The van der Waals surface area contributed by atoms with Gasteiger partial charge in [-0.1, -0.05) is 19.9 Å². The topological polar surface area (TPSA) is 45.5 Å². The van der Waals surface area contributed by atoms with Crippen molar-refractivity contribution in [3.8, 4) is 0 Å². The molecule has 5 heteroatoms. The fourth-order valence-corrected chi connectivity index (χ4v) is 2.23. The number of nitrogens with zero attached hydrogens (tertiary/aromatic N) is 2. The first-order valence-electron chi connectivity index (χ1n) is 7.31. The summed E-state index contributed by atoms with van der Waals surface area (Å²) in [6, 6.07) is 0. The molecule has 0 unspecified atom stereocenters. The highest BCUT2D eigenvalue weighted by molar-refractivity contribution is 5.43. The molecule has 0 N–H and O–H groups in total. The van der Waals surface area contributed by atoms with Crippen LogP contribution in [0.1, 0.15) is 39.3 Å². The van der Waals surface area contributed by atoms with Crippen molar-refractivity contribution in [2.24, 2.45) is 0 Å². The Balaban J connectivity index is 1.89. The summed E-state index contributed by atoms with van der Waals surface area (Å²) in [6.45, 7) is 8.00. The molecule has 1 aromatic rings. The Labute approximate surface area is 120 Å². The van der Waals surface area contributed by atoms with Crippen LogP contribution < -0.4 is 0 Å². The maximum Gasteiger partial charge on any atom is 0.168 e. The zero-order valence-corrected chi connectivity index (χ0v) is 12.5. The summed E-state index contributed by atoms with van der Waals surface area (Å²) in [4.78, 5) is 4.31. The number of ether oxygens (including phenoxy) is 3. The van der Waals surface area contributed by atoms with Gasteiger partial charge in [0.1, 0.15) is 12.8 Å². The molecule has 1 fully saturated rings. The van der Waals surface area contributed by atoms with Crippen molar-refractivity contribution < 1.29 is 14.2 Å². The van der Waals surface area contributed by atoms with E-state index in [2.05, 4.69) is 18.8 Å². The first-order chi connectivity index (χ1) is 9.71. The third-order valence-electron chi connectivity index (χ3n) is 3.53. The molecule has 0 bridgehead atoms. The van der Waals surface area contributed by atoms with E-state index < -0.39 is 5.79 Å². The van der Waals surface area contributed by atoms with E-state index in [0.717, 1.165) is 18.5 Å². The number of hydrogen-bond acceptors (Lipinski definition) is 4. The van der Waals surface area contributed by atoms with E-state index in [1.165, 1.54) is 0 Å². The average Bonchev–Trinajstić information content (AvgIpc) is 3.10. The van der Waals surface area contributed by atoms with Gasteiger partial charge in [-0.05, 0) is 25.8 Å². The molecule has 0 aromatic carbocycles. The van der Waals surface area contributed by atoms with Crippen molar-refractivity contribution >= 4 is 6.08 Å². The second kappa shape index (κ2) is 7.02. The van der Waals surface area contributed by atoms with Crippen molar-refractivity contribution in [1.29, 1.82) is 0 Å². The van der Waals surface area contributed by atoms with Gasteiger partial charge in [-0.2, -0.15) is 0 Å². The molecule has 0 radical (unpaired) electrons. The normalized spacial score (nSPS) is 21.9. The minimum Gasteiger partial charge on any atom is -0.361 e. The lowest BCUT2D eigenvalue weighted by molar-refractivity contribution is -0.167. The van der Waals surface area contributed by atoms with Crippen LogP contribution in [-0.4, -0.2) is 34.7 Å². The lowest BCUT2D eigenvalue weighted by Gasteiger charge is -2.24. The summed E-state index contributed by atoms with van der Waals surface area (Å²) in [5, 5.41) is 0. The molecule has 1 aliphatic heterocycles. The quantitative estimate of drug-likeness (QED) is 0.770. The van der Waals surface area contributed by atoms with E-state index in [-0.39, 0.29) is 6.10 Å². The highest BCUT2D eigenvalue weighted by atomic mass is 16.7. The maximum atomic E-state index is 5.97. The molecule has 2 rings (SSSR count). The largest absolute Gasteiger partial charge is 0.361 e. The Morgan fingerprint density at radius 2 is 2.25 bits per heavy atom. The zero-order valence-electron chi connectivity index (χ0n) is 12.5. The molecule has 0 aliphatic carbocycles. The molecule has 20 heavy (non-hydrogen) atoms. The minimum atomic E-state index is -0.399. The SMILES string of the molecule is CCOCn1cnc(/C=C/[C@H]2COC(CC)(CC)O2)c1. The molecule has 1 saturated heterocycles. The lowest BCUT2D eigenvalue weighted by atomic mass is 10.1. The van der Waals surface area contributed by atoms with Crippen LogP contribution in [0.15, 0.2) is 18.6 Å². The van der Waals surface area contributed by atoms with E-state index in [9.17, 15) is 0 Å². The van der Waals surface area contributed by atoms with Crippen molar-refractivity contribution in [3.05, 3.63) is 24.3 Å². The predicted octanol–water partition coefficient (Wildman–Crippen LogP) is 2.82. The molecule has 1 atom stereocenters. The Morgan fingerprint density at radius 3 is 2.90 bits per heavy atom. The van der Waals surface area contributed by atoms with Gasteiger partial charge in [0.2, 0.25) is 0 Å². The lowest BCUT2D eigenvalue weighted by Crippen LogP contribution is -2.28. The van der Waals surface area contributed by atoms with Crippen LogP contribution in [0, 0.1) is 0 Å². The van der Waals surface area contributed by atoms with Crippen LogP contribution >= 0.6 is 0 Å². The van der Waals surface area contributed by atoms with E-state index in [4.69, 9.17) is 14.2 Å². The number of hydrogen-bond donors (Lipinski definition) is 0. The molecule has 1 aromatic heterocycles. The van der Waals surface area contributed by atoms with Gasteiger partial charge in [0, 0.05) is 12.8 Å². The number of imidazole rings is 1. The third kappa shape index (κ3) is 3.69. The summed E-state index contributed by atoms with van der Waals surface area (Å²) >= 11 is 0. The Morgan fingerprint density at radius 1 is 1.45 bits per heavy atom. The van der Waals surface area contributed by atoms with E-state index in [1.807, 2.05) is 29.8 Å². The van der Waals surface area contributed by atoms with Gasteiger partial charge in [-0.15, -0.1) is 0 Å². The Kier molecular flexibility index (Phi) is 5.34. The van der Waals surface area contributed by atoms with E-state index in [0.29, 0.717) is 19.9 Å². The number of rotatable bonds is 7. The van der Waals surface area contributed by atoms with Gasteiger partial charge in [0.15, 0.2) is 5.79 Å². The summed E-state index contributed by atoms with van der Waals surface area (Å²) in [7, 11) is 0. The average molecular weight is 280 g/mol. The van der Waals surface area contributed by atoms with Gasteiger partial charge in [0.25, 0.3) is 0 Å². The van der Waals surface area contributed by atoms with Crippen LogP contribution in [0.25, 0.3) is 6.08 Å². The molecular formula is C15H24N2O3. The van der Waals surface area contributed by atoms with Gasteiger partial charge in [-0.3, -0.25) is 0 Å². The van der Waals surface area contributed by atoms with Crippen LogP contribution in [0.4, 0.5) is 0 Å². The van der Waals surface area contributed by atoms with Gasteiger partial charge in [0.05, 0.1) is 18.6 Å². The second-order valence-corrected chi connectivity index (χ2v) is 4.88. The summed E-state index contributed by atoms with van der Waals surface area (Å²) in [6.07, 6.45) is 9.46. The standard InChI is InChI=1S/C15H24N2O3/c1-4-15(5-2)19-10-14(20-15)8-7-13-9-17(11-16-13)12-18-6-3/h7-9,11,14H,4-6,10,12H2,1-3H3/b8-7+/t14-/m0/s1. The minimum absolute atomic E-state index is 0.00643. The molecule has 1 aliphatic rings. The molecule has 0 saturated carbocycles. The monoisotopic (exact) mass is 280 g/mol. The summed E-state index contributed by atoms with van der Waals surface area (Å²) in [5.74, 6) is -0.399.